The zero-order chi connectivity index (χ0) is 19.6. The Morgan fingerprint density at radius 3 is 2.44 bits per heavy atom. The van der Waals surface area contributed by atoms with E-state index in [1.807, 2.05) is 0 Å². The predicted molar refractivity (Wildman–Crippen MR) is 87.0 cm³/mol. The van der Waals surface area contributed by atoms with Crippen LogP contribution in [-0.4, -0.2) is 62.3 Å². The summed E-state index contributed by atoms with van der Waals surface area (Å²) in [6, 6.07) is 0. The Kier molecular flexibility index (Phi) is 5.31. The number of imidazole rings is 1. The zero-order valence-electron chi connectivity index (χ0n) is 14.9. The van der Waals surface area contributed by atoms with E-state index in [9.17, 15) is 14.4 Å². The SMILES string of the molecule is CC(=O)OC[C@H]1O[C@@H](n2cnc3cncnc32)[C@@H](OC(C)=O)[C@@H]1OC(C)=O. The number of esters is 3. The summed E-state index contributed by atoms with van der Waals surface area (Å²) in [5.74, 6) is -1.70. The van der Waals surface area contributed by atoms with Crippen molar-refractivity contribution in [1.82, 2.24) is 19.5 Å². The smallest absolute Gasteiger partial charge is 0.303 e. The Hall–Kier alpha value is -3.08. The summed E-state index contributed by atoms with van der Waals surface area (Å²) in [5, 5.41) is 0. The molecule has 1 saturated heterocycles. The maximum Gasteiger partial charge on any atom is 0.303 e. The van der Waals surface area contributed by atoms with Crippen molar-refractivity contribution in [2.24, 2.45) is 0 Å². The minimum atomic E-state index is -0.987. The molecule has 0 bridgehead atoms. The first-order chi connectivity index (χ1) is 12.9. The molecule has 1 fully saturated rings. The summed E-state index contributed by atoms with van der Waals surface area (Å²) in [4.78, 5) is 46.6. The largest absolute Gasteiger partial charge is 0.463 e. The van der Waals surface area contributed by atoms with Gasteiger partial charge < -0.3 is 18.9 Å². The maximum absolute atomic E-state index is 11.6. The van der Waals surface area contributed by atoms with Gasteiger partial charge >= 0.3 is 17.9 Å². The van der Waals surface area contributed by atoms with Gasteiger partial charge in [0.2, 0.25) is 0 Å². The molecule has 0 unspecified atom stereocenters. The van der Waals surface area contributed by atoms with Gasteiger partial charge in [-0.15, -0.1) is 0 Å². The van der Waals surface area contributed by atoms with Gasteiger partial charge in [0.15, 0.2) is 24.1 Å². The number of carbonyl (C=O) groups is 3. The molecule has 3 rings (SSSR count). The third-order valence-electron chi connectivity index (χ3n) is 3.85. The molecule has 0 spiro atoms. The van der Waals surface area contributed by atoms with Crippen LogP contribution in [0.15, 0.2) is 18.9 Å². The number of fused-ring (bicyclic) bond motifs is 1. The highest BCUT2D eigenvalue weighted by Gasteiger charge is 2.51. The fourth-order valence-corrected chi connectivity index (χ4v) is 2.89. The van der Waals surface area contributed by atoms with Gasteiger partial charge in [0.25, 0.3) is 0 Å². The van der Waals surface area contributed by atoms with E-state index in [0.29, 0.717) is 11.2 Å². The van der Waals surface area contributed by atoms with Crippen molar-refractivity contribution in [3.8, 4) is 0 Å². The molecule has 3 heterocycles. The topological polar surface area (TPSA) is 132 Å². The highest BCUT2D eigenvalue weighted by atomic mass is 16.7. The summed E-state index contributed by atoms with van der Waals surface area (Å²) in [6.45, 7) is 3.52. The molecule has 11 heteroatoms. The van der Waals surface area contributed by atoms with E-state index in [2.05, 4.69) is 15.0 Å². The lowest BCUT2D eigenvalue weighted by molar-refractivity contribution is -0.166. The van der Waals surface area contributed by atoms with E-state index in [0.717, 1.165) is 0 Å². The van der Waals surface area contributed by atoms with E-state index in [-0.39, 0.29) is 6.61 Å². The van der Waals surface area contributed by atoms with Crippen molar-refractivity contribution in [1.29, 1.82) is 0 Å². The second-order valence-corrected chi connectivity index (χ2v) is 5.90. The quantitative estimate of drug-likeness (QED) is 0.523. The number of hydrogen-bond acceptors (Lipinski definition) is 10. The Labute approximate surface area is 153 Å². The van der Waals surface area contributed by atoms with E-state index >= 15 is 0 Å². The molecule has 2 aromatic rings. The standard InChI is InChI=1S/C16H18N4O7/c1-8(21)24-5-12-13(25-9(2)22)14(26-10(3)23)16(27-12)20-7-19-11-4-17-6-18-15(11)20/h4,6-7,12-14,16H,5H2,1-3H3/t12-,13-,14+,16-/m1/s1. The molecule has 0 saturated carbocycles. The number of rotatable bonds is 5. The highest BCUT2D eigenvalue weighted by Crippen LogP contribution is 2.35. The van der Waals surface area contributed by atoms with Crippen LogP contribution >= 0.6 is 0 Å². The van der Waals surface area contributed by atoms with Crippen molar-refractivity contribution in [2.75, 3.05) is 6.61 Å². The van der Waals surface area contributed by atoms with Crippen molar-refractivity contribution in [3.05, 3.63) is 18.9 Å². The molecule has 2 aromatic heterocycles. The lowest BCUT2D eigenvalue weighted by atomic mass is 10.1. The molecular formula is C16H18N4O7. The molecule has 1 aliphatic rings. The molecule has 0 N–H and O–H groups in total. The van der Waals surface area contributed by atoms with Crippen LogP contribution in [0, 0.1) is 0 Å². The van der Waals surface area contributed by atoms with Gasteiger partial charge in [0.1, 0.15) is 24.6 Å². The van der Waals surface area contributed by atoms with Crippen LogP contribution in [-0.2, 0) is 33.3 Å². The van der Waals surface area contributed by atoms with Gasteiger partial charge in [0.05, 0.1) is 12.5 Å². The molecule has 27 heavy (non-hydrogen) atoms. The first-order valence-corrected chi connectivity index (χ1v) is 8.12. The highest BCUT2D eigenvalue weighted by molar-refractivity contribution is 5.70. The number of carbonyl (C=O) groups excluding carboxylic acids is 3. The van der Waals surface area contributed by atoms with E-state index in [4.69, 9.17) is 18.9 Å². The summed E-state index contributed by atoms with van der Waals surface area (Å²) in [5.41, 5.74) is 0.956. The number of ether oxygens (including phenoxy) is 4. The van der Waals surface area contributed by atoms with Gasteiger partial charge in [-0.3, -0.25) is 19.0 Å². The normalized spacial score (nSPS) is 24.6. The number of aromatic nitrogens is 4. The monoisotopic (exact) mass is 378 g/mol. The Balaban J connectivity index is 1.98. The molecule has 0 aromatic carbocycles. The molecular weight excluding hydrogens is 360 g/mol. The Bertz CT molecular complexity index is 867. The summed E-state index contributed by atoms with van der Waals surface area (Å²) in [6.07, 6.45) is 0.629. The zero-order valence-corrected chi connectivity index (χ0v) is 14.9. The number of nitrogens with zero attached hydrogens (tertiary/aromatic N) is 4. The van der Waals surface area contributed by atoms with Gasteiger partial charge in [-0.1, -0.05) is 0 Å². The molecule has 0 amide bonds. The fraction of sp³-hybridized carbons (Fsp3) is 0.500. The third kappa shape index (κ3) is 4.03. The third-order valence-corrected chi connectivity index (χ3v) is 3.85. The summed E-state index contributed by atoms with van der Waals surface area (Å²) >= 11 is 0. The molecule has 4 atom stereocenters. The lowest BCUT2D eigenvalue weighted by Gasteiger charge is -2.23. The van der Waals surface area contributed by atoms with Crippen LogP contribution < -0.4 is 0 Å². The first-order valence-electron chi connectivity index (χ1n) is 8.12. The molecule has 144 valence electrons. The van der Waals surface area contributed by atoms with Crippen LogP contribution in [0.2, 0.25) is 0 Å². The van der Waals surface area contributed by atoms with E-state index in [1.165, 1.54) is 39.6 Å². The Morgan fingerprint density at radius 1 is 1.07 bits per heavy atom. The van der Waals surface area contributed by atoms with Crippen molar-refractivity contribution in [2.45, 2.75) is 45.3 Å². The second kappa shape index (κ2) is 7.66. The van der Waals surface area contributed by atoms with Crippen LogP contribution in [0.1, 0.15) is 27.0 Å². The van der Waals surface area contributed by atoms with E-state index in [1.54, 1.807) is 4.57 Å². The number of hydrogen-bond donors (Lipinski definition) is 0. The molecule has 0 radical (unpaired) electrons. The lowest BCUT2D eigenvalue weighted by Crippen LogP contribution is -2.40. The van der Waals surface area contributed by atoms with Gasteiger partial charge in [0, 0.05) is 20.8 Å². The maximum atomic E-state index is 11.6. The predicted octanol–water partition coefficient (Wildman–Crippen LogP) is 0.150. The van der Waals surface area contributed by atoms with Crippen molar-refractivity contribution < 1.29 is 33.3 Å². The van der Waals surface area contributed by atoms with Gasteiger partial charge in [-0.25, -0.2) is 15.0 Å². The average molecular weight is 378 g/mol. The summed E-state index contributed by atoms with van der Waals surface area (Å²) < 4.78 is 23.2. The fourth-order valence-electron chi connectivity index (χ4n) is 2.89. The average Bonchev–Trinajstić information content (AvgIpc) is 3.15. The minimum absolute atomic E-state index is 0.177. The molecule has 1 aliphatic heterocycles. The van der Waals surface area contributed by atoms with Gasteiger partial charge in [-0.05, 0) is 0 Å². The molecule has 0 aliphatic carbocycles. The van der Waals surface area contributed by atoms with Crippen molar-refractivity contribution >= 4 is 29.1 Å². The van der Waals surface area contributed by atoms with Crippen molar-refractivity contribution in [3.63, 3.8) is 0 Å². The minimum Gasteiger partial charge on any atom is -0.463 e. The Morgan fingerprint density at radius 2 is 1.78 bits per heavy atom. The van der Waals surface area contributed by atoms with E-state index < -0.39 is 42.4 Å². The second-order valence-electron chi connectivity index (χ2n) is 5.90. The first kappa shape index (κ1) is 18.7. The van der Waals surface area contributed by atoms with Crippen LogP contribution in [0.25, 0.3) is 11.2 Å². The van der Waals surface area contributed by atoms with Gasteiger partial charge in [-0.2, -0.15) is 0 Å². The molecule has 11 nitrogen and oxygen atoms in total. The van der Waals surface area contributed by atoms with Crippen LogP contribution in [0.3, 0.4) is 0 Å². The van der Waals surface area contributed by atoms with Crippen LogP contribution in [0.4, 0.5) is 0 Å². The summed E-state index contributed by atoms with van der Waals surface area (Å²) in [7, 11) is 0. The van der Waals surface area contributed by atoms with Crippen LogP contribution in [0.5, 0.6) is 0 Å².